The van der Waals surface area contributed by atoms with Gasteiger partial charge in [-0.15, -0.1) is 0 Å². The van der Waals surface area contributed by atoms with Crippen LogP contribution >= 0.6 is 0 Å². The van der Waals surface area contributed by atoms with Crippen LogP contribution < -0.4 is 10.1 Å². The Morgan fingerprint density at radius 1 is 1.13 bits per heavy atom. The molecule has 0 radical (unpaired) electrons. The molecular formula is C18H15F2NO2. The van der Waals surface area contributed by atoms with E-state index in [0.29, 0.717) is 5.56 Å². The first-order valence-electron chi connectivity index (χ1n) is 6.94. The van der Waals surface area contributed by atoms with Crippen LogP contribution in [0.15, 0.2) is 42.5 Å². The molecule has 2 rings (SSSR count). The van der Waals surface area contributed by atoms with E-state index in [-0.39, 0.29) is 24.8 Å². The van der Waals surface area contributed by atoms with Crippen molar-refractivity contribution in [1.29, 1.82) is 0 Å². The van der Waals surface area contributed by atoms with Crippen molar-refractivity contribution in [1.82, 2.24) is 5.32 Å². The molecule has 5 heteroatoms. The Bertz CT molecular complexity index is 746. The molecule has 0 heterocycles. The highest BCUT2D eigenvalue weighted by Gasteiger charge is 2.04. The molecule has 0 aliphatic rings. The second-order valence-corrected chi connectivity index (χ2v) is 4.77. The summed E-state index contributed by atoms with van der Waals surface area (Å²) in [5.41, 5.74) is 1.63. The number of benzene rings is 2. The van der Waals surface area contributed by atoms with Crippen molar-refractivity contribution in [2.45, 2.75) is 6.92 Å². The second kappa shape index (κ2) is 7.95. The van der Waals surface area contributed by atoms with E-state index in [4.69, 9.17) is 4.74 Å². The van der Waals surface area contributed by atoms with E-state index in [0.717, 1.165) is 17.7 Å². The topological polar surface area (TPSA) is 38.3 Å². The Balaban J connectivity index is 1.75. The first kappa shape index (κ1) is 16.5. The minimum atomic E-state index is -0.778. The summed E-state index contributed by atoms with van der Waals surface area (Å²) in [6, 6.07) is 10.2. The van der Waals surface area contributed by atoms with Crippen LogP contribution in [0.3, 0.4) is 0 Å². The Morgan fingerprint density at radius 3 is 2.57 bits per heavy atom. The van der Waals surface area contributed by atoms with Gasteiger partial charge in [-0.3, -0.25) is 4.79 Å². The number of ether oxygens (including phenoxy) is 1. The zero-order valence-corrected chi connectivity index (χ0v) is 12.5. The maximum atomic E-state index is 13.3. The highest BCUT2D eigenvalue weighted by molar-refractivity contribution is 5.94. The van der Waals surface area contributed by atoms with E-state index in [1.165, 1.54) is 6.07 Å². The van der Waals surface area contributed by atoms with E-state index >= 15 is 0 Å². The van der Waals surface area contributed by atoms with Gasteiger partial charge < -0.3 is 10.1 Å². The van der Waals surface area contributed by atoms with Crippen molar-refractivity contribution in [3.05, 3.63) is 65.2 Å². The number of hydrogen-bond donors (Lipinski definition) is 1. The van der Waals surface area contributed by atoms with Crippen molar-refractivity contribution in [2.24, 2.45) is 0 Å². The zero-order valence-electron chi connectivity index (χ0n) is 12.5. The number of halogens is 2. The molecule has 0 fully saturated rings. The number of carbonyl (C=O) groups excluding carboxylic acids is 1. The molecule has 0 aromatic heterocycles. The van der Waals surface area contributed by atoms with E-state index in [9.17, 15) is 13.6 Å². The summed E-state index contributed by atoms with van der Waals surface area (Å²) in [4.78, 5) is 11.8. The first-order valence-corrected chi connectivity index (χ1v) is 6.94. The largest absolute Gasteiger partial charge is 0.478 e. The van der Waals surface area contributed by atoms with Crippen LogP contribution in [0.4, 0.5) is 8.78 Å². The molecule has 0 saturated heterocycles. The van der Waals surface area contributed by atoms with Crippen LogP contribution in [-0.2, 0) is 0 Å². The van der Waals surface area contributed by atoms with Gasteiger partial charge in [-0.1, -0.05) is 29.5 Å². The van der Waals surface area contributed by atoms with Crippen LogP contribution in [-0.4, -0.2) is 19.1 Å². The van der Waals surface area contributed by atoms with Crippen molar-refractivity contribution in [3.63, 3.8) is 0 Å². The van der Waals surface area contributed by atoms with E-state index in [1.54, 1.807) is 12.1 Å². The predicted octanol–water partition coefficient (Wildman–Crippen LogP) is 3.09. The maximum Gasteiger partial charge on any atom is 0.252 e. The van der Waals surface area contributed by atoms with Crippen LogP contribution in [0.5, 0.6) is 5.75 Å². The Kier molecular flexibility index (Phi) is 5.70. The smallest absolute Gasteiger partial charge is 0.252 e. The van der Waals surface area contributed by atoms with Gasteiger partial charge in [0.1, 0.15) is 12.4 Å². The van der Waals surface area contributed by atoms with Crippen LogP contribution in [0.25, 0.3) is 0 Å². The number of amides is 1. The van der Waals surface area contributed by atoms with Gasteiger partial charge in [0.05, 0.1) is 6.54 Å². The fourth-order valence-corrected chi connectivity index (χ4v) is 1.75. The lowest BCUT2D eigenvalue weighted by Gasteiger charge is -2.03. The van der Waals surface area contributed by atoms with Crippen LogP contribution in [0.1, 0.15) is 15.9 Å². The van der Waals surface area contributed by atoms with E-state index in [1.807, 2.05) is 19.1 Å². The normalized spacial score (nSPS) is 9.70. The lowest BCUT2D eigenvalue weighted by molar-refractivity contribution is 0.0958. The van der Waals surface area contributed by atoms with Crippen molar-refractivity contribution < 1.29 is 18.3 Å². The van der Waals surface area contributed by atoms with Crippen molar-refractivity contribution in [2.75, 3.05) is 13.2 Å². The number of hydrogen-bond acceptors (Lipinski definition) is 2. The number of carbonyl (C=O) groups is 1. The molecule has 0 saturated carbocycles. The first-order chi connectivity index (χ1) is 11.1. The molecule has 0 spiro atoms. The quantitative estimate of drug-likeness (QED) is 0.881. The Labute approximate surface area is 133 Å². The summed E-state index contributed by atoms with van der Waals surface area (Å²) in [5, 5.41) is 2.64. The number of aryl methyl sites for hydroxylation is 1. The molecule has 0 aliphatic carbocycles. The minimum absolute atomic E-state index is 0.0526. The number of rotatable bonds is 4. The van der Waals surface area contributed by atoms with E-state index < -0.39 is 11.6 Å². The SMILES string of the molecule is Cc1ccc(C(=O)NCC#CCOc2ccc(F)cc2F)cc1. The van der Waals surface area contributed by atoms with Crippen LogP contribution in [0.2, 0.25) is 0 Å². The third-order valence-electron chi connectivity index (χ3n) is 2.97. The van der Waals surface area contributed by atoms with Gasteiger partial charge in [0, 0.05) is 11.6 Å². The van der Waals surface area contributed by atoms with Gasteiger partial charge in [0.2, 0.25) is 0 Å². The third kappa shape index (κ3) is 5.11. The molecule has 3 nitrogen and oxygen atoms in total. The molecule has 118 valence electrons. The Morgan fingerprint density at radius 2 is 1.87 bits per heavy atom. The van der Waals surface area contributed by atoms with Gasteiger partial charge in [0.25, 0.3) is 5.91 Å². The summed E-state index contributed by atoms with van der Waals surface area (Å²) in [6.07, 6.45) is 0. The fourth-order valence-electron chi connectivity index (χ4n) is 1.75. The molecule has 0 atom stereocenters. The van der Waals surface area contributed by atoms with Crippen molar-refractivity contribution >= 4 is 5.91 Å². The second-order valence-electron chi connectivity index (χ2n) is 4.77. The molecule has 2 aromatic rings. The average Bonchev–Trinajstić information content (AvgIpc) is 2.53. The van der Waals surface area contributed by atoms with Gasteiger partial charge in [-0.25, -0.2) is 8.78 Å². The summed E-state index contributed by atoms with van der Waals surface area (Å²) >= 11 is 0. The molecule has 23 heavy (non-hydrogen) atoms. The Hall–Kier alpha value is -2.87. The lowest BCUT2D eigenvalue weighted by Crippen LogP contribution is -2.23. The van der Waals surface area contributed by atoms with Gasteiger partial charge in [-0.05, 0) is 31.2 Å². The summed E-state index contributed by atoms with van der Waals surface area (Å²) in [6.45, 7) is 2.04. The predicted molar refractivity (Wildman–Crippen MR) is 83.1 cm³/mol. The summed E-state index contributed by atoms with van der Waals surface area (Å²) < 4.78 is 31.1. The maximum absolute atomic E-state index is 13.3. The molecule has 0 aliphatic heterocycles. The summed E-state index contributed by atoms with van der Waals surface area (Å²) in [7, 11) is 0. The zero-order chi connectivity index (χ0) is 16.7. The van der Waals surface area contributed by atoms with Crippen LogP contribution in [0, 0.1) is 30.4 Å². The van der Waals surface area contributed by atoms with E-state index in [2.05, 4.69) is 17.2 Å². The molecule has 0 unspecified atom stereocenters. The highest BCUT2D eigenvalue weighted by atomic mass is 19.1. The third-order valence-corrected chi connectivity index (χ3v) is 2.97. The molecule has 1 amide bonds. The van der Waals surface area contributed by atoms with Gasteiger partial charge in [0.15, 0.2) is 11.6 Å². The minimum Gasteiger partial charge on any atom is -0.478 e. The average molecular weight is 315 g/mol. The number of nitrogens with one attached hydrogen (secondary N) is 1. The summed E-state index contributed by atoms with van der Waals surface area (Å²) in [5.74, 6) is 3.61. The molecule has 0 bridgehead atoms. The van der Waals surface area contributed by atoms with Gasteiger partial charge >= 0.3 is 0 Å². The fraction of sp³-hybridized carbons (Fsp3) is 0.167. The van der Waals surface area contributed by atoms with Gasteiger partial charge in [-0.2, -0.15) is 0 Å². The molecule has 2 aromatic carbocycles. The standard InChI is InChI=1S/C18H15F2NO2/c1-13-4-6-14(7-5-13)18(22)21-10-2-3-11-23-17-9-8-15(19)12-16(17)20/h4-9,12H,10-11H2,1H3,(H,21,22). The van der Waals surface area contributed by atoms with Crippen molar-refractivity contribution in [3.8, 4) is 17.6 Å². The molecular weight excluding hydrogens is 300 g/mol. The lowest BCUT2D eigenvalue weighted by atomic mass is 10.1. The molecule has 1 N–H and O–H groups in total. The highest BCUT2D eigenvalue weighted by Crippen LogP contribution is 2.17. The monoisotopic (exact) mass is 315 g/mol.